The van der Waals surface area contributed by atoms with Gasteiger partial charge in [-0.1, -0.05) is 18.2 Å². The van der Waals surface area contributed by atoms with Crippen LogP contribution in [0.2, 0.25) is 5.02 Å². The number of aryl methyl sites for hydroxylation is 1. The fourth-order valence-corrected chi connectivity index (χ4v) is 0.855. The lowest BCUT2D eigenvalue weighted by Crippen LogP contribution is -1.79. The predicted molar refractivity (Wildman–Crippen MR) is 36.7 cm³/mol. The van der Waals surface area contributed by atoms with Crippen molar-refractivity contribution in [1.82, 2.24) is 4.57 Å². The summed E-state index contributed by atoms with van der Waals surface area (Å²) in [7, 11) is 1.79. The summed E-state index contributed by atoms with van der Waals surface area (Å²) in [5.41, 5.74) is 0. The van der Waals surface area contributed by atoms with Gasteiger partial charge in [0.1, 0.15) is 0 Å². The molecule has 0 N–H and O–H groups in total. The third kappa shape index (κ3) is 0.914. The van der Waals surface area contributed by atoms with Crippen LogP contribution < -0.4 is 0 Å². The Bertz CT molecular complexity index is 237. The number of halogens is 1. The maximum atomic E-state index is 6.66. The van der Waals surface area contributed by atoms with Gasteiger partial charge in [-0.3, -0.25) is 0 Å². The lowest BCUT2D eigenvalue weighted by molar-refractivity contribution is 0.947. The Hall–Kier alpha value is -0.940. The summed E-state index contributed by atoms with van der Waals surface area (Å²) < 4.78 is 1.69. The molecule has 1 aromatic rings. The molecule has 1 rings (SSSR count). The summed E-state index contributed by atoms with van der Waals surface area (Å²) in [5.74, 6) is 0.497. The van der Waals surface area contributed by atoms with E-state index in [0.717, 1.165) is 0 Å². The van der Waals surface area contributed by atoms with Crippen molar-refractivity contribution in [2.75, 3.05) is 0 Å². The van der Waals surface area contributed by atoms with Gasteiger partial charge < -0.3 is 9.41 Å². The molecule has 0 aromatic carbocycles. The van der Waals surface area contributed by atoms with Crippen molar-refractivity contribution in [2.45, 2.75) is 0 Å². The molecular formula is C6H5ClN2. The summed E-state index contributed by atoms with van der Waals surface area (Å²) in [6.07, 6.45) is 1.76. The van der Waals surface area contributed by atoms with Crippen LogP contribution in [0.3, 0.4) is 0 Å². The molecule has 0 spiro atoms. The van der Waals surface area contributed by atoms with Crippen molar-refractivity contribution in [3.8, 4) is 0 Å². The van der Waals surface area contributed by atoms with Crippen LogP contribution in [0.25, 0.3) is 4.85 Å². The SMILES string of the molecule is [C-]#[N+]c1c(Cl)ccn1C. The summed E-state index contributed by atoms with van der Waals surface area (Å²) in [5, 5.41) is 0.521. The van der Waals surface area contributed by atoms with Crippen LogP contribution in [0.1, 0.15) is 0 Å². The zero-order valence-electron chi connectivity index (χ0n) is 4.93. The highest BCUT2D eigenvalue weighted by Crippen LogP contribution is 2.24. The largest absolute Gasteiger partial charge is 0.363 e. The van der Waals surface area contributed by atoms with Crippen molar-refractivity contribution < 1.29 is 0 Å². The summed E-state index contributed by atoms with van der Waals surface area (Å²) in [4.78, 5) is 3.21. The van der Waals surface area contributed by atoms with Crippen LogP contribution in [0.15, 0.2) is 12.3 Å². The first-order chi connectivity index (χ1) is 4.25. The fourth-order valence-electron chi connectivity index (χ4n) is 0.623. The second-order valence-corrected chi connectivity index (χ2v) is 2.12. The lowest BCUT2D eigenvalue weighted by Gasteiger charge is -1.89. The molecule has 9 heavy (non-hydrogen) atoms. The molecule has 0 unspecified atom stereocenters. The summed E-state index contributed by atoms with van der Waals surface area (Å²) in [6.45, 7) is 6.66. The van der Waals surface area contributed by atoms with Crippen LogP contribution in [-0.4, -0.2) is 4.57 Å². The van der Waals surface area contributed by atoms with Crippen molar-refractivity contribution in [3.05, 3.63) is 28.7 Å². The third-order valence-electron chi connectivity index (χ3n) is 1.10. The first-order valence-electron chi connectivity index (χ1n) is 2.44. The third-order valence-corrected chi connectivity index (χ3v) is 1.39. The van der Waals surface area contributed by atoms with Gasteiger partial charge >= 0.3 is 0 Å². The number of aromatic nitrogens is 1. The molecule has 3 heteroatoms. The molecule has 0 atom stereocenters. The van der Waals surface area contributed by atoms with E-state index in [1.807, 2.05) is 0 Å². The Morgan fingerprint density at radius 1 is 1.78 bits per heavy atom. The predicted octanol–water partition coefficient (Wildman–Crippen LogP) is 2.23. The minimum absolute atomic E-state index is 0.497. The lowest BCUT2D eigenvalue weighted by atomic mass is 10.6. The number of hydrogen-bond donors (Lipinski definition) is 0. The highest BCUT2D eigenvalue weighted by atomic mass is 35.5. The number of rotatable bonds is 0. The van der Waals surface area contributed by atoms with Crippen LogP contribution >= 0.6 is 11.6 Å². The highest BCUT2D eigenvalue weighted by molar-refractivity contribution is 6.33. The summed E-state index contributed by atoms with van der Waals surface area (Å²) in [6, 6.07) is 1.70. The molecule has 0 saturated heterocycles. The van der Waals surface area contributed by atoms with E-state index < -0.39 is 0 Å². The number of nitrogens with zero attached hydrogens (tertiary/aromatic N) is 2. The van der Waals surface area contributed by atoms with Gasteiger partial charge in [-0.15, -0.1) is 0 Å². The highest BCUT2D eigenvalue weighted by Gasteiger charge is 2.01. The molecule has 0 amide bonds. The maximum Gasteiger partial charge on any atom is 0.248 e. The normalized spacial score (nSPS) is 9.00. The van der Waals surface area contributed by atoms with Gasteiger partial charge in [0.15, 0.2) is 0 Å². The second kappa shape index (κ2) is 2.12. The van der Waals surface area contributed by atoms with E-state index in [4.69, 9.17) is 18.2 Å². The van der Waals surface area contributed by atoms with Crippen LogP contribution in [-0.2, 0) is 7.05 Å². The molecule has 0 fully saturated rings. The zero-order valence-corrected chi connectivity index (χ0v) is 5.68. The van der Waals surface area contributed by atoms with Crippen LogP contribution in [0.4, 0.5) is 5.82 Å². The topological polar surface area (TPSA) is 9.29 Å². The van der Waals surface area contributed by atoms with Crippen LogP contribution in [0, 0.1) is 6.57 Å². The monoisotopic (exact) mass is 140 g/mol. The van der Waals surface area contributed by atoms with Crippen molar-refractivity contribution in [3.63, 3.8) is 0 Å². The quantitative estimate of drug-likeness (QED) is 0.489. The van der Waals surface area contributed by atoms with Crippen molar-refractivity contribution >= 4 is 17.4 Å². The molecule has 0 radical (unpaired) electrons. The van der Waals surface area contributed by atoms with Gasteiger partial charge in [0.05, 0.1) is 18.3 Å². The van der Waals surface area contributed by atoms with Crippen molar-refractivity contribution in [1.29, 1.82) is 0 Å². The van der Waals surface area contributed by atoms with Gasteiger partial charge in [-0.2, -0.15) is 0 Å². The summed E-state index contributed by atoms with van der Waals surface area (Å²) >= 11 is 5.61. The first kappa shape index (κ1) is 6.18. The van der Waals surface area contributed by atoms with E-state index >= 15 is 0 Å². The minimum atomic E-state index is 0.497. The Balaban J connectivity index is 3.27. The van der Waals surface area contributed by atoms with E-state index in [1.165, 1.54) is 0 Å². The molecule has 0 aliphatic carbocycles. The molecule has 46 valence electrons. The second-order valence-electron chi connectivity index (χ2n) is 1.71. The zero-order chi connectivity index (χ0) is 6.85. The Kier molecular flexibility index (Phi) is 1.46. The fraction of sp³-hybridized carbons (Fsp3) is 0.167. The van der Waals surface area contributed by atoms with E-state index in [0.29, 0.717) is 10.8 Å². The van der Waals surface area contributed by atoms with Crippen LogP contribution in [0.5, 0.6) is 0 Å². The minimum Gasteiger partial charge on any atom is -0.363 e. The Labute approximate surface area is 58.5 Å². The van der Waals surface area contributed by atoms with Gasteiger partial charge in [-0.05, 0) is 6.07 Å². The van der Waals surface area contributed by atoms with Gasteiger partial charge in [0.2, 0.25) is 5.82 Å². The molecule has 0 aliphatic rings. The Morgan fingerprint density at radius 2 is 2.44 bits per heavy atom. The Morgan fingerprint density at radius 3 is 2.67 bits per heavy atom. The molecule has 0 aliphatic heterocycles. The van der Waals surface area contributed by atoms with E-state index in [2.05, 4.69) is 4.85 Å². The first-order valence-corrected chi connectivity index (χ1v) is 2.82. The average Bonchev–Trinajstić information content (AvgIpc) is 2.12. The maximum absolute atomic E-state index is 6.66. The standard InChI is InChI=1S/C6H5ClN2/c1-8-6-5(7)3-4-9(6)2/h3-4H,2H3. The molecule has 0 saturated carbocycles. The van der Waals surface area contributed by atoms with Gasteiger partial charge in [0, 0.05) is 0 Å². The van der Waals surface area contributed by atoms with E-state index in [-0.39, 0.29) is 0 Å². The van der Waals surface area contributed by atoms with Crippen molar-refractivity contribution in [2.24, 2.45) is 7.05 Å². The average molecular weight is 141 g/mol. The molecule has 0 bridgehead atoms. The number of hydrogen-bond acceptors (Lipinski definition) is 0. The van der Waals surface area contributed by atoms with Gasteiger partial charge in [0.25, 0.3) is 0 Å². The molecule has 1 heterocycles. The van der Waals surface area contributed by atoms with Gasteiger partial charge in [-0.25, -0.2) is 0 Å². The van der Waals surface area contributed by atoms with E-state index in [1.54, 1.807) is 23.9 Å². The molecule has 2 nitrogen and oxygen atoms in total. The smallest absolute Gasteiger partial charge is 0.248 e. The molecular weight excluding hydrogens is 136 g/mol. The van der Waals surface area contributed by atoms with E-state index in [9.17, 15) is 0 Å². The molecule has 1 aromatic heterocycles.